The minimum Gasteiger partial charge on any atom is -0.432 e. The van der Waals surface area contributed by atoms with Crippen LogP contribution in [0.15, 0.2) is 47.3 Å². The van der Waals surface area contributed by atoms with E-state index in [1.54, 1.807) is 19.1 Å². The number of H-pyrrole nitrogens is 1. The number of aryl methyl sites for hydroxylation is 1. The van der Waals surface area contributed by atoms with Crippen LogP contribution in [-0.2, 0) is 11.3 Å². The number of hydrogen-bond donors (Lipinski definition) is 4. The van der Waals surface area contributed by atoms with E-state index in [0.29, 0.717) is 61.3 Å². The van der Waals surface area contributed by atoms with E-state index in [0.717, 1.165) is 23.7 Å². The summed E-state index contributed by atoms with van der Waals surface area (Å²) in [4.78, 5) is 55.8. The van der Waals surface area contributed by atoms with Crippen molar-refractivity contribution >= 4 is 36.7 Å². The quantitative estimate of drug-likeness (QED) is 0.148. The first-order valence-electron chi connectivity index (χ1n) is 13.1. The molecular formula is C29H37N5O4Si. The number of rotatable bonds is 13. The van der Waals surface area contributed by atoms with E-state index in [1.807, 2.05) is 48.3 Å². The number of hydrogen-bond acceptors (Lipinski definition) is 6. The molecule has 3 rings (SSSR count). The first-order valence-corrected chi connectivity index (χ1v) is 16.3. The van der Waals surface area contributed by atoms with Crippen LogP contribution >= 0.6 is 0 Å². The van der Waals surface area contributed by atoms with Crippen LogP contribution in [0.4, 0.5) is 5.69 Å². The monoisotopic (exact) mass is 547 g/mol. The molecule has 1 aromatic heterocycles. The van der Waals surface area contributed by atoms with Crippen molar-refractivity contribution in [1.29, 1.82) is 0 Å². The maximum absolute atomic E-state index is 12.6. The first-order chi connectivity index (χ1) is 18.6. The molecule has 0 aliphatic rings. The molecule has 0 radical (unpaired) electrons. The van der Waals surface area contributed by atoms with E-state index in [9.17, 15) is 19.2 Å². The fourth-order valence-electron chi connectivity index (χ4n) is 4.18. The molecule has 3 aromatic rings. The van der Waals surface area contributed by atoms with Crippen LogP contribution in [0.2, 0.25) is 19.1 Å². The van der Waals surface area contributed by atoms with Crippen LogP contribution in [0.25, 0.3) is 10.9 Å². The van der Waals surface area contributed by atoms with Crippen molar-refractivity contribution in [2.24, 2.45) is 0 Å². The predicted octanol–water partition coefficient (Wildman–Crippen LogP) is 3.09. The summed E-state index contributed by atoms with van der Waals surface area (Å²) in [7, 11) is -2.07. The van der Waals surface area contributed by atoms with Gasteiger partial charge in [0.05, 0.1) is 17.4 Å². The average molecular weight is 548 g/mol. The smallest absolute Gasteiger partial charge is 0.258 e. The number of carbonyl (C=O) groups is 2. The van der Waals surface area contributed by atoms with E-state index in [1.165, 1.54) is 0 Å². The Balaban J connectivity index is 1.51. The third kappa shape index (κ3) is 9.39. The van der Waals surface area contributed by atoms with Crippen LogP contribution in [0.5, 0.6) is 0 Å². The number of aromatic nitrogens is 2. The predicted molar refractivity (Wildman–Crippen MR) is 157 cm³/mol. The van der Waals surface area contributed by atoms with Gasteiger partial charge < -0.3 is 25.3 Å². The molecule has 0 aliphatic carbocycles. The standard InChI is InChI=1S/C29H37N5O4Si/c1-5-17-34(20-22-9-14-26-25(19-22)29(37)33-21(2)32-26)24-12-10-23(11-13-24)28(36)31-15-6-8-27(35)30-16-7-18-39(3,4)38/h1,9-14,19,38H,6-8,15-18,20H2,2-4H3,(H,30,35)(H,31,36)(H,32,33,37). The Kier molecular flexibility index (Phi) is 10.4. The van der Waals surface area contributed by atoms with Crippen molar-refractivity contribution in [3.05, 3.63) is 69.8 Å². The number of fused-ring (bicyclic) bond motifs is 1. The van der Waals surface area contributed by atoms with Crippen LogP contribution < -0.4 is 21.1 Å². The maximum Gasteiger partial charge on any atom is 0.258 e. The van der Waals surface area contributed by atoms with Crippen molar-refractivity contribution in [2.75, 3.05) is 24.5 Å². The lowest BCUT2D eigenvalue weighted by Gasteiger charge is -2.23. The van der Waals surface area contributed by atoms with Gasteiger partial charge in [-0.15, -0.1) is 6.42 Å². The Morgan fingerprint density at radius 3 is 2.51 bits per heavy atom. The van der Waals surface area contributed by atoms with Crippen molar-refractivity contribution < 1.29 is 14.4 Å². The Morgan fingerprint density at radius 2 is 1.82 bits per heavy atom. The molecular weight excluding hydrogens is 510 g/mol. The lowest BCUT2D eigenvalue weighted by Crippen LogP contribution is -2.30. The Labute approximate surface area is 230 Å². The van der Waals surface area contributed by atoms with Crippen molar-refractivity contribution in [1.82, 2.24) is 20.6 Å². The van der Waals surface area contributed by atoms with Gasteiger partial charge in [-0.05, 0) is 80.9 Å². The van der Waals surface area contributed by atoms with Crippen molar-refractivity contribution in [3.63, 3.8) is 0 Å². The zero-order valence-electron chi connectivity index (χ0n) is 22.8. The second-order valence-corrected chi connectivity index (χ2v) is 14.4. The second kappa shape index (κ2) is 13.7. The number of amides is 2. The second-order valence-electron chi connectivity index (χ2n) is 10.2. The number of anilines is 1. The Hall–Kier alpha value is -3.94. The fraction of sp³-hybridized carbons (Fsp3) is 0.379. The first kappa shape index (κ1) is 29.6. The molecule has 0 spiro atoms. The minimum absolute atomic E-state index is 0.0537. The Morgan fingerprint density at radius 1 is 1.10 bits per heavy atom. The molecule has 2 amide bonds. The summed E-state index contributed by atoms with van der Waals surface area (Å²) in [6.07, 6.45) is 7.25. The summed E-state index contributed by atoms with van der Waals surface area (Å²) in [6.45, 7) is 7.30. The molecule has 0 atom stereocenters. The lowest BCUT2D eigenvalue weighted by molar-refractivity contribution is -0.121. The summed E-state index contributed by atoms with van der Waals surface area (Å²) in [5.41, 5.74) is 2.74. The van der Waals surface area contributed by atoms with E-state index < -0.39 is 8.32 Å². The molecule has 10 heteroatoms. The van der Waals surface area contributed by atoms with Gasteiger partial charge in [0.1, 0.15) is 5.82 Å². The molecule has 0 saturated heterocycles. The molecule has 0 fully saturated rings. The average Bonchev–Trinajstić information content (AvgIpc) is 2.88. The largest absolute Gasteiger partial charge is 0.432 e. The number of aromatic amines is 1. The number of carbonyl (C=O) groups excluding carboxylic acids is 2. The minimum atomic E-state index is -2.07. The van der Waals surface area contributed by atoms with Gasteiger partial charge in [0, 0.05) is 37.3 Å². The summed E-state index contributed by atoms with van der Waals surface area (Å²) in [6, 6.07) is 13.5. The third-order valence-electron chi connectivity index (χ3n) is 6.19. The summed E-state index contributed by atoms with van der Waals surface area (Å²) in [5, 5.41) is 6.23. The molecule has 1 heterocycles. The van der Waals surface area contributed by atoms with Crippen molar-refractivity contribution in [3.8, 4) is 12.3 Å². The van der Waals surface area contributed by atoms with E-state index in [4.69, 9.17) is 6.42 Å². The van der Waals surface area contributed by atoms with Gasteiger partial charge in [0.2, 0.25) is 5.91 Å². The van der Waals surface area contributed by atoms with Gasteiger partial charge in [-0.25, -0.2) is 4.98 Å². The summed E-state index contributed by atoms with van der Waals surface area (Å²) < 4.78 is 0. The highest BCUT2D eigenvalue weighted by Gasteiger charge is 2.16. The highest BCUT2D eigenvalue weighted by Crippen LogP contribution is 2.20. The topological polar surface area (TPSA) is 127 Å². The molecule has 39 heavy (non-hydrogen) atoms. The SMILES string of the molecule is C#CCN(Cc1ccc2nc(C)[nH]c(=O)c2c1)c1ccc(C(=O)NCCCC(=O)NCCC[Si](C)(C)O)cc1. The van der Waals surface area contributed by atoms with Crippen LogP contribution in [0.1, 0.15) is 41.0 Å². The van der Waals surface area contributed by atoms with Crippen LogP contribution in [0, 0.1) is 19.3 Å². The van der Waals surface area contributed by atoms with Gasteiger partial charge in [0.15, 0.2) is 8.32 Å². The van der Waals surface area contributed by atoms with Gasteiger partial charge in [-0.2, -0.15) is 0 Å². The maximum atomic E-state index is 12.6. The Bertz CT molecular complexity index is 1390. The molecule has 0 saturated carbocycles. The summed E-state index contributed by atoms with van der Waals surface area (Å²) >= 11 is 0. The summed E-state index contributed by atoms with van der Waals surface area (Å²) in [5.74, 6) is 2.97. The zero-order chi connectivity index (χ0) is 28.4. The lowest BCUT2D eigenvalue weighted by atomic mass is 10.1. The highest BCUT2D eigenvalue weighted by atomic mass is 28.4. The number of nitrogens with one attached hydrogen (secondary N) is 3. The van der Waals surface area contributed by atoms with Gasteiger partial charge in [-0.1, -0.05) is 12.0 Å². The number of nitrogens with zero attached hydrogens (tertiary/aromatic N) is 2. The molecule has 9 nitrogen and oxygen atoms in total. The molecule has 2 aromatic carbocycles. The van der Waals surface area contributed by atoms with Gasteiger partial charge in [0.25, 0.3) is 11.5 Å². The molecule has 0 bridgehead atoms. The van der Waals surface area contributed by atoms with E-state index in [-0.39, 0.29) is 17.4 Å². The number of benzene rings is 2. The molecule has 4 N–H and O–H groups in total. The molecule has 0 aliphatic heterocycles. The molecule has 0 unspecified atom stereocenters. The zero-order valence-corrected chi connectivity index (χ0v) is 23.8. The van der Waals surface area contributed by atoms with E-state index in [2.05, 4.69) is 26.5 Å². The normalized spacial score (nSPS) is 11.2. The number of terminal acetylenes is 1. The third-order valence-corrected chi connectivity index (χ3v) is 7.77. The molecule has 206 valence electrons. The van der Waals surface area contributed by atoms with Crippen LogP contribution in [0.3, 0.4) is 0 Å². The van der Waals surface area contributed by atoms with Crippen molar-refractivity contribution in [2.45, 2.75) is 51.9 Å². The van der Waals surface area contributed by atoms with Gasteiger partial charge in [-0.3, -0.25) is 14.4 Å². The van der Waals surface area contributed by atoms with E-state index >= 15 is 0 Å². The van der Waals surface area contributed by atoms with Gasteiger partial charge >= 0.3 is 0 Å². The fourth-order valence-corrected chi connectivity index (χ4v) is 5.23. The van der Waals surface area contributed by atoms with Crippen LogP contribution in [-0.4, -0.2) is 54.5 Å². The highest BCUT2D eigenvalue weighted by molar-refractivity contribution is 6.69.